The zero-order chi connectivity index (χ0) is 20.9. The first-order chi connectivity index (χ1) is 13.9. The molecule has 2 atom stereocenters. The number of phenols is 1. The van der Waals surface area contributed by atoms with Gasteiger partial charge in [-0.3, -0.25) is 0 Å². The molecule has 0 aromatic heterocycles. The molecular formula is C24H26INO3. The highest BCUT2D eigenvalue weighted by atomic mass is 127. The van der Waals surface area contributed by atoms with Crippen LogP contribution in [0.1, 0.15) is 36.6 Å². The summed E-state index contributed by atoms with van der Waals surface area (Å²) >= 11 is 2.41. The molecule has 0 unspecified atom stereocenters. The molecule has 5 heteroatoms. The number of hydrogen-bond acceptors (Lipinski definition) is 4. The molecule has 152 valence electrons. The van der Waals surface area contributed by atoms with Crippen LogP contribution in [0.4, 0.5) is 0 Å². The van der Waals surface area contributed by atoms with Crippen LogP contribution in [-0.4, -0.2) is 25.4 Å². The molecule has 29 heavy (non-hydrogen) atoms. The molecule has 0 spiro atoms. The lowest BCUT2D eigenvalue weighted by atomic mass is 9.85. The zero-order valence-corrected chi connectivity index (χ0v) is 19.5. The Kier molecular flexibility index (Phi) is 5.38. The standard InChI is InChI=1S/C24H26INO3/c1-12-9-20(29-5)23-15(7-6-8-19(23)28-4)21(12)17-11-18(25)16-10-13(2)26-14(3)22(16)24(17)27/h6-9,11,13-14,26-27H,10H2,1-5H3/t13-,14-/m1/s1. The van der Waals surface area contributed by atoms with Crippen molar-refractivity contribution in [3.05, 3.63) is 50.6 Å². The van der Waals surface area contributed by atoms with Gasteiger partial charge in [-0.15, -0.1) is 0 Å². The Balaban J connectivity index is 2.08. The van der Waals surface area contributed by atoms with E-state index in [2.05, 4.69) is 60.8 Å². The van der Waals surface area contributed by atoms with E-state index in [-0.39, 0.29) is 6.04 Å². The highest BCUT2D eigenvalue weighted by molar-refractivity contribution is 14.1. The molecule has 1 aliphatic heterocycles. The Bertz CT molecular complexity index is 1110. The van der Waals surface area contributed by atoms with E-state index in [0.717, 1.165) is 50.9 Å². The van der Waals surface area contributed by atoms with Crippen LogP contribution < -0.4 is 14.8 Å². The van der Waals surface area contributed by atoms with Gasteiger partial charge in [-0.2, -0.15) is 0 Å². The van der Waals surface area contributed by atoms with Crippen LogP contribution >= 0.6 is 22.6 Å². The number of rotatable bonds is 3. The Hall–Kier alpha value is -1.99. The normalized spacial score (nSPS) is 18.6. The minimum absolute atomic E-state index is 0.0987. The number of ether oxygens (including phenoxy) is 2. The smallest absolute Gasteiger partial charge is 0.130 e. The van der Waals surface area contributed by atoms with E-state index in [1.807, 2.05) is 18.2 Å². The van der Waals surface area contributed by atoms with Crippen molar-refractivity contribution >= 4 is 33.4 Å². The molecule has 3 aromatic carbocycles. The maximum atomic E-state index is 11.4. The van der Waals surface area contributed by atoms with Crippen LogP contribution in [-0.2, 0) is 6.42 Å². The van der Waals surface area contributed by atoms with E-state index in [0.29, 0.717) is 11.8 Å². The molecule has 0 radical (unpaired) electrons. The topological polar surface area (TPSA) is 50.7 Å². The molecule has 1 aliphatic rings. The number of aryl methyl sites for hydroxylation is 1. The van der Waals surface area contributed by atoms with Gasteiger partial charge in [-0.05, 0) is 90.1 Å². The number of nitrogens with one attached hydrogen (secondary N) is 1. The van der Waals surface area contributed by atoms with E-state index in [1.165, 1.54) is 9.13 Å². The first-order valence-electron chi connectivity index (χ1n) is 9.82. The fourth-order valence-corrected chi connectivity index (χ4v) is 5.50. The van der Waals surface area contributed by atoms with Gasteiger partial charge in [0.05, 0.1) is 19.6 Å². The quantitative estimate of drug-likeness (QED) is 0.448. The van der Waals surface area contributed by atoms with Crippen molar-refractivity contribution in [2.45, 2.75) is 39.3 Å². The van der Waals surface area contributed by atoms with Gasteiger partial charge in [0.25, 0.3) is 0 Å². The van der Waals surface area contributed by atoms with Crippen molar-refractivity contribution in [1.82, 2.24) is 5.32 Å². The summed E-state index contributed by atoms with van der Waals surface area (Å²) in [6.45, 7) is 6.37. The van der Waals surface area contributed by atoms with Gasteiger partial charge < -0.3 is 19.9 Å². The Morgan fingerprint density at radius 2 is 1.83 bits per heavy atom. The average Bonchev–Trinajstić information content (AvgIpc) is 2.69. The summed E-state index contributed by atoms with van der Waals surface area (Å²) in [5, 5.41) is 16.9. The van der Waals surface area contributed by atoms with Crippen molar-refractivity contribution in [3.63, 3.8) is 0 Å². The van der Waals surface area contributed by atoms with E-state index in [4.69, 9.17) is 9.47 Å². The van der Waals surface area contributed by atoms with Crippen LogP contribution in [0.25, 0.3) is 21.9 Å². The van der Waals surface area contributed by atoms with Crippen LogP contribution in [0, 0.1) is 10.5 Å². The summed E-state index contributed by atoms with van der Waals surface area (Å²) < 4.78 is 12.5. The molecule has 3 aromatic rings. The van der Waals surface area contributed by atoms with Crippen LogP contribution in [0.5, 0.6) is 17.2 Å². The van der Waals surface area contributed by atoms with Gasteiger partial charge in [0.2, 0.25) is 0 Å². The number of aromatic hydroxyl groups is 1. The first kappa shape index (κ1) is 20.3. The number of benzene rings is 3. The van der Waals surface area contributed by atoms with Crippen molar-refractivity contribution < 1.29 is 14.6 Å². The molecule has 0 bridgehead atoms. The van der Waals surface area contributed by atoms with Crippen molar-refractivity contribution in [2.75, 3.05) is 14.2 Å². The monoisotopic (exact) mass is 503 g/mol. The lowest BCUT2D eigenvalue weighted by Crippen LogP contribution is -2.36. The number of methoxy groups -OCH3 is 2. The van der Waals surface area contributed by atoms with Crippen molar-refractivity contribution in [3.8, 4) is 28.4 Å². The molecule has 4 nitrogen and oxygen atoms in total. The van der Waals surface area contributed by atoms with Gasteiger partial charge >= 0.3 is 0 Å². The Morgan fingerprint density at radius 1 is 1.10 bits per heavy atom. The molecule has 1 heterocycles. The first-order valence-corrected chi connectivity index (χ1v) is 10.9. The second kappa shape index (κ2) is 7.69. The molecule has 0 fully saturated rings. The van der Waals surface area contributed by atoms with Gasteiger partial charge in [-0.1, -0.05) is 12.1 Å². The number of fused-ring (bicyclic) bond motifs is 2. The second-order valence-corrected chi connectivity index (χ2v) is 8.96. The summed E-state index contributed by atoms with van der Waals surface area (Å²) in [6, 6.07) is 10.6. The predicted octanol–water partition coefficient (Wildman–Crippen LogP) is 5.74. The average molecular weight is 503 g/mol. The van der Waals surface area contributed by atoms with E-state index in [1.54, 1.807) is 14.2 Å². The predicted molar refractivity (Wildman–Crippen MR) is 126 cm³/mol. The third kappa shape index (κ3) is 3.24. The third-order valence-corrected chi connectivity index (χ3v) is 6.83. The largest absolute Gasteiger partial charge is 0.507 e. The molecule has 0 saturated heterocycles. The maximum absolute atomic E-state index is 11.4. The number of hydrogen-bond donors (Lipinski definition) is 2. The Labute approximate surface area is 185 Å². The van der Waals surface area contributed by atoms with Crippen molar-refractivity contribution in [2.24, 2.45) is 0 Å². The fourth-order valence-electron chi connectivity index (χ4n) is 4.67. The molecular weight excluding hydrogens is 477 g/mol. The zero-order valence-electron chi connectivity index (χ0n) is 17.4. The Morgan fingerprint density at radius 3 is 2.52 bits per heavy atom. The molecule has 0 saturated carbocycles. The van der Waals surface area contributed by atoms with Crippen LogP contribution in [0.2, 0.25) is 0 Å². The lowest BCUT2D eigenvalue weighted by molar-refractivity contribution is 0.404. The summed E-state index contributed by atoms with van der Waals surface area (Å²) in [5.41, 5.74) is 5.19. The molecule has 0 amide bonds. The van der Waals surface area contributed by atoms with Gasteiger partial charge in [-0.25, -0.2) is 0 Å². The summed E-state index contributed by atoms with van der Waals surface area (Å²) in [7, 11) is 3.34. The minimum atomic E-state index is 0.0987. The van der Waals surface area contributed by atoms with E-state index < -0.39 is 0 Å². The lowest BCUT2D eigenvalue weighted by Gasteiger charge is -2.32. The summed E-state index contributed by atoms with van der Waals surface area (Å²) in [6.07, 6.45) is 0.919. The van der Waals surface area contributed by atoms with E-state index in [9.17, 15) is 5.11 Å². The van der Waals surface area contributed by atoms with Gasteiger partial charge in [0, 0.05) is 26.8 Å². The maximum Gasteiger partial charge on any atom is 0.130 e. The highest BCUT2D eigenvalue weighted by Gasteiger charge is 2.29. The van der Waals surface area contributed by atoms with Crippen LogP contribution in [0.3, 0.4) is 0 Å². The van der Waals surface area contributed by atoms with Crippen molar-refractivity contribution in [1.29, 1.82) is 0 Å². The van der Waals surface area contributed by atoms with Gasteiger partial charge in [0.1, 0.15) is 17.2 Å². The number of halogens is 1. The van der Waals surface area contributed by atoms with E-state index >= 15 is 0 Å². The highest BCUT2D eigenvalue weighted by Crippen LogP contribution is 2.48. The van der Waals surface area contributed by atoms with Gasteiger partial charge in [0.15, 0.2) is 0 Å². The minimum Gasteiger partial charge on any atom is -0.507 e. The molecule has 2 N–H and O–H groups in total. The summed E-state index contributed by atoms with van der Waals surface area (Å²) in [5.74, 6) is 1.90. The second-order valence-electron chi connectivity index (χ2n) is 7.79. The number of phenolic OH excluding ortho intramolecular Hbond substituents is 1. The third-order valence-electron chi connectivity index (χ3n) is 5.87. The summed E-state index contributed by atoms with van der Waals surface area (Å²) in [4.78, 5) is 0. The van der Waals surface area contributed by atoms with Crippen LogP contribution in [0.15, 0.2) is 30.3 Å². The molecule has 4 rings (SSSR count). The SMILES string of the molecule is COc1cccc2c(-c3cc(I)c4c(c3O)[C@@H](C)N[C@H](C)C4)c(C)cc(OC)c12. The fraction of sp³-hybridized carbons (Fsp3) is 0.333. The molecule has 0 aliphatic carbocycles.